The number of hydrogen-bond acceptors (Lipinski definition) is 3. The van der Waals surface area contributed by atoms with E-state index in [1.165, 1.54) is 0 Å². The fourth-order valence-corrected chi connectivity index (χ4v) is 3.22. The van der Waals surface area contributed by atoms with Crippen LogP contribution < -0.4 is 9.64 Å². The van der Waals surface area contributed by atoms with E-state index in [0.29, 0.717) is 24.5 Å². The van der Waals surface area contributed by atoms with Gasteiger partial charge in [0.25, 0.3) is 0 Å². The van der Waals surface area contributed by atoms with E-state index in [2.05, 4.69) is 9.74 Å². The van der Waals surface area contributed by atoms with E-state index in [-0.39, 0.29) is 11.7 Å². The maximum atomic E-state index is 11.7. The Kier molecular flexibility index (Phi) is 4.27. The Bertz CT molecular complexity index is 998. The molecule has 1 N–H and O–H groups in total. The van der Waals surface area contributed by atoms with Gasteiger partial charge >= 0.3 is 5.97 Å². The highest BCUT2D eigenvalue weighted by Gasteiger charge is 2.31. The van der Waals surface area contributed by atoms with E-state index in [9.17, 15) is 9.90 Å². The van der Waals surface area contributed by atoms with Gasteiger partial charge < -0.3 is 19.3 Å². The van der Waals surface area contributed by atoms with E-state index in [1.807, 2.05) is 35.2 Å². The van der Waals surface area contributed by atoms with Gasteiger partial charge in [-0.25, -0.2) is 9.64 Å². The topological polar surface area (TPSA) is 59.1 Å². The first kappa shape index (κ1) is 16.7. The maximum absolute atomic E-state index is 11.7. The van der Waals surface area contributed by atoms with Crippen molar-refractivity contribution in [2.45, 2.75) is 6.10 Å². The molecule has 1 saturated heterocycles. The average Bonchev–Trinajstić information content (AvgIpc) is 3.18. The monoisotopic (exact) mass is 359 g/mol. The number of benzene rings is 2. The van der Waals surface area contributed by atoms with Gasteiger partial charge in [-0.2, -0.15) is 0 Å². The fraction of sp³-hybridized carbons (Fsp3) is 0.143. The zero-order valence-corrected chi connectivity index (χ0v) is 14.4. The predicted octanol–water partition coefficient (Wildman–Crippen LogP) is 3.99. The molecule has 0 radical (unpaired) electrons. The lowest BCUT2D eigenvalue weighted by atomic mass is 10.1. The molecule has 0 bridgehead atoms. The van der Waals surface area contributed by atoms with Gasteiger partial charge in [0.1, 0.15) is 11.9 Å². The standard InChI is InChI=1S/C21H17N3O3/c1-22-15-7-9-16(10-8-15)27-17-13-24(14-17)19-6-4-5-18(21(25)26)20(19)23-11-2-3-12-23/h2-12,17H,13-14H2,(H,25,26). The molecule has 1 fully saturated rings. The zero-order chi connectivity index (χ0) is 18.8. The molecule has 0 spiro atoms. The predicted molar refractivity (Wildman–Crippen MR) is 102 cm³/mol. The summed E-state index contributed by atoms with van der Waals surface area (Å²) in [7, 11) is 0. The summed E-state index contributed by atoms with van der Waals surface area (Å²) >= 11 is 0. The van der Waals surface area contributed by atoms with Crippen molar-refractivity contribution in [3.8, 4) is 11.4 Å². The molecule has 0 aliphatic carbocycles. The van der Waals surface area contributed by atoms with Crippen molar-refractivity contribution in [2.75, 3.05) is 18.0 Å². The van der Waals surface area contributed by atoms with E-state index in [4.69, 9.17) is 11.3 Å². The number of carbonyl (C=O) groups is 1. The number of anilines is 1. The molecule has 1 aromatic heterocycles. The van der Waals surface area contributed by atoms with Crippen LogP contribution >= 0.6 is 0 Å². The highest BCUT2D eigenvalue weighted by atomic mass is 16.5. The molecule has 3 aromatic rings. The third-order valence-electron chi connectivity index (χ3n) is 4.57. The van der Waals surface area contributed by atoms with Crippen LogP contribution in [0.3, 0.4) is 0 Å². The van der Waals surface area contributed by atoms with Crippen molar-refractivity contribution in [2.24, 2.45) is 0 Å². The molecule has 2 aromatic carbocycles. The minimum atomic E-state index is -0.950. The Morgan fingerprint density at radius 3 is 2.41 bits per heavy atom. The lowest BCUT2D eigenvalue weighted by molar-refractivity contribution is 0.0697. The van der Waals surface area contributed by atoms with E-state index in [0.717, 1.165) is 11.4 Å². The number of para-hydroxylation sites is 1. The summed E-state index contributed by atoms with van der Waals surface area (Å²) in [4.78, 5) is 17.2. The largest absolute Gasteiger partial charge is 0.487 e. The van der Waals surface area contributed by atoms with Gasteiger partial charge in [-0.15, -0.1) is 0 Å². The van der Waals surface area contributed by atoms with Crippen molar-refractivity contribution in [3.63, 3.8) is 0 Å². The maximum Gasteiger partial charge on any atom is 0.337 e. The van der Waals surface area contributed by atoms with Crippen molar-refractivity contribution in [1.29, 1.82) is 0 Å². The van der Waals surface area contributed by atoms with Gasteiger partial charge in [-0.3, -0.25) is 0 Å². The number of carboxylic acids is 1. The molecular formula is C21H17N3O3. The second-order valence-electron chi connectivity index (χ2n) is 6.32. The van der Waals surface area contributed by atoms with Gasteiger partial charge in [0.15, 0.2) is 5.69 Å². The minimum absolute atomic E-state index is 0.0230. The zero-order valence-electron chi connectivity index (χ0n) is 14.4. The van der Waals surface area contributed by atoms with Crippen LogP contribution in [0.15, 0.2) is 67.0 Å². The molecule has 134 valence electrons. The highest BCUT2D eigenvalue weighted by molar-refractivity contribution is 5.95. The van der Waals surface area contributed by atoms with E-state index >= 15 is 0 Å². The Morgan fingerprint density at radius 2 is 1.78 bits per heavy atom. The quantitative estimate of drug-likeness (QED) is 0.700. The summed E-state index contributed by atoms with van der Waals surface area (Å²) in [6.45, 7) is 8.32. The molecular weight excluding hydrogens is 342 g/mol. The molecule has 6 heteroatoms. The number of carboxylic acid groups (broad SMARTS) is 1. The van der Waals surface area contributed by atoms with E-state index in [1.54, 1.807) is 36.4 Å². The Morgan fingerprint density at radius 1 is 1.07 bits per heavy atom. The summed E-state index contributed by atoms with van der Waals surface area (Å²) < 4.78 is 7.77. The average molecular weight is 359 g/mol. The van der Waals surface area contributed by atoms with Crippen LogP contribution in [0.2, 0.25) is 0 Å². The molecule has 0 amide bonds. The van der Waals surface area contributed by atoms with Crippen LogP contribution in [0.4, 0.5) is 11.4 Å². The lowest BCUT2D eigenvalue weighted by Gasteiger charge is -2.41. The number of hydrogen-bond donors (Lipinski definition) is 1. The molecule has 6 nitrogen and oxygen atoms in total. The third kappa shape index (κ3) is 3.23. The van der Waals surface area contributed by atoms with Gasteiger partial charge in [-0.05, 0) is 36.4 Å². The molecule has 0 saturated carbocycles. The first-order valence-corrected chi connectivity index (χ1v) is 8.54. The summed E-state index contributed by atoms with van der Waals surface area (Å²) in [6.07, 6.45) is 3.71. The highest BCUT2D eigenvalue weighted by Crippen LogP contribution is 2.32. The van der Waals surface area contributed by atoms with Crippen LogP contribution in [0.5, 0.6) is 5.75 Å². The number of aromatic carboxylic acids is 1. The number of nitrogens with zero attached hydrogens (tertiary/aromatic N) is 3. The second kappa shape index (κ2) is 6.89. The molecule has 2 heterocycles. The Hall–Kier alpha value is -3.72. The lowest BCUT2D eigenvalue weighted by Crippen LogP contribution is -2.54. The van der Waals surface area contributed by atoms with E-state index < -0.39 is 5.97 Å². The number of ether oxygens (including phenoxy) is 1. The molecule has 0 atom stereocenters. The van der Waals surface area contributed by atoms with Crippen molar-refractivity contribution in [3.05, 3.63) is 84.0 Å². The van der Waals surface area contributed by atoms with Crippen molar-refractivity contribution < 1.29 is 14.6 Å². The first-order valence-electron chi connectivity index (χ1n) is 8.54. The Balaban J connectivity index is 1.53. The minimum Gasteiger partial charge on any atom is -0.487 e. The first-order chi connectivity index (χ1) is 13.2. The second-order valence-corrected chi connectivity index (χ2v) is 6.32. The van der Waals surface area contributed by atoms with Crippen LogP contribution in [0, 0.1) is 6.57 Å². The van der Waals surface area contributed by atoms with Crippen LogP contribution in [0.25, 0.3) is 10.5 Å². The number of rotatable bonds is 5. The van der Waals surface area contributed by atoms with Gasteiger partial charge in [-0.1, -0.05) is 18.2 Å². The Labute approximate surface area is 156 Å². The third-order valence-corrected chi connectivity index (χ3v) is 4.57. The van der Waals surface area contributed by atoms with Gasteiger partial charge in [0.05, 0.1) is 36.6 Å². The molecule has 1 aliphatic rings. The summed E-state index contributed by atoms with van der Waals surface area (Å²) in [5.41, 5.74) is 2.38. The van der Waals surface area contributed by atoms with Crippen molar-refractivity contribution in [1.82, 2.24) is 4.57 Å². The fourth-order valence-electron chi connectivity index (χ4n) is 3.22. The van der Waals surface area contributed by atoms with Crippen LogP contribution in [-0.2, 0) is 0 Å². The van der Waals surface area contributed by atoms with Gasteiger partial charge in [0.2, 0.25) is 0 Å². The number of aromatic nitrogens is 1. The molecule has 27 heavy (non-hydrogen) atoms. The van der Waals surface area contributed by atoms with Crippen molar-refractivity contribution >= 4 is 17.3 Å². The van der Waals surface area contributed by atoms with Crippen LogP contribution in [0.1, 0.15) is 10.4 Å². The molecule has 0 unspecified atom stereocenters. The normalized spacial score (nSPS) is 13.7. The summed E-state index contributed by atoms with van der Waals surface area (Å²) in [5.74, 6) is -0.217. The summed E-state index contributed by atoms with van der Waals surface area (Å²) in [5, 5.41) is 9.57. The summed E-state index contributed by atoms with van der Waals surface area (Å²) in [6, 6.07) is 16.1. The van der Waals surface area contributed by atoms with Crippen LogP contribution in [-0.4, -0.2) is 34.8 Å². The molecule has 4 rings (SSSR count). The smallest absolute Gasteiger partial charge is 0.337 e. The van der Waals surface area contributed by atoms with Gasteiger partial charge in [0, 0.05) is 12.4 Å². The molecule has 1 aliphatic heterocycles. The SMILES string of the molecule is [C-]#[N+]c1ccc(OC2CN(c3cccc(C(=O)O)c3-n3cccc3)C2)cc1.